The molecule has 0 radical (unpaired) electrons. The number of amides is 1. The lowest BCUT2D eigenvalue weighted by atomic mass is 9.73. The molecule has 1 saturated carbocycles. The molecule has 3 nitrogen and oxygen atoms in total. The molecule has 1 aliphatic rings. The van der Waals surface area contributed by atoms with E-state index in [9.17, 15) is 4.79 Å². The monoisotopic (exact) mass is 310 g/mol. The van der Waals surface area contributed by atoms with E-state index < -0.39 is 0 Å². The summed E-state index contributed by atoms with van der Waals surface area (Å²) in [6.07, 6.45) is 5.10. The fraction of sp³-hybridized carbons (Fsp3) is 0.588. The van der Waals surface area contributed by atoms with Crippen LogP contribution < -0.4 is 11.1 Å². The highest BCUT2D eigenvalue weighted by atomic mass is 35.5. The maximum absolute atomic E-state index is 12.2. The Hall–Kier alpha value is -1.06. The molecule has 3 N–H and O–H groups in total. The number of nitrogens with two attached hydrogens (primary N) is 1. The van der Waals surface area contributed by atoms with Crippen molar-refractivity contribution in [2.45, 2.75) is 58.0 Å². The van der Waals surface area contributed by atoms with Gasteiger partial charge in [0.1, 0.15) is 0 Å². The van der Waals surface area contributed by atoms with Crippen molar-refractivity contribution in [3.05, 3.63) is 35.9 Å². The number of benzene rings is 1. The molecule has 1 aliphatic carbocycles. The highest BCUT2D eigenvalue weighted by Crippen LogP contribution is 2.35. The average molecular weight is 311 g/mol. The Bertz CT molecular complexity index is 447. The maximum Gasteiger partial charge on any atom is 0.222 e. The Morgan fingerprint density at radius 3 is 2.62 bits per heavy atom. The van der Waals surface area contributed by atoms with E-state index in [-0.39, 0.29) is 35.8 Å². The number of nitrogens with one attached hydrogen (secondary N) is 1. The number of carbonyl (C=O) groups is 1. The molecule has 0 aliphatic heterocycles. The predicted molar refractivity (Wildman–Crippen MR) is 89.4 cm³/mol. The van der Waals surface area contributed by atoms with Crippen molar-refractivity contribution < 1.29 is 4.79 Å². The van der Waals surface area contributed by atoms with Crippen LogP contribution in [0.15, 0.2) is 30.3 Å². The van der Waals surface area contributed by atoms with Gasteiger partial charge in [0.15, 0.2) is 0 Å². The second kappa shape index (κ2) is 7.81. The third-order valence-corrected chi connectivity index (χ3v) is 4.48. The zero-order valence-corrected chi connectivity index (χ0v) is 13.8. The molecule has 2 atom stereocenters. The van der Waals surface area contributed by atoms with Gasteiger partial charge < -0.3 is 11.1 Å². The van der Waals surface area contributed by atoms with E-state index in [1.165, 1.54) is 19.3 Å². The summed E-state index contributed by atoms with van der Waals surface area (Å²) in [5, 5.41) is 3.19. The van der Waals surface area contributed by atoms with Gasteiger partial charge in [-0.2, -0.15) is 0 Å². The Morgan fingerprint density at radius 2 is 2.00 bits per heavy atom. The van der Waals surface area contributed by atoms with E-state index in [1.54, 1.807) is 0 Å². The first-order valence-corrected chi connectivity index (χ1v) is 7.59. The molecule has 1 aromatic rings. The van der Waals surface area contributed by atoms with E-state index in [0.717, 1.165) is 12.0 Å². The number of rotatable bonds is 4. The lowest BCUT2D eigenvalue weighted by molar-refractivity contribution is -0.123. The molecule has 0 saturated heterocycles. The fourth-order valence-corrected chi connectivity index (χ4v) is 3.03. The van der Waals surface area contributed by atoms with Crippen LogP contribution in [0.5, 0.6) is 0 Å². The SMILES string of the molecule is CC1(C)CCCCC1NC(=O)CC(N)c1ccccc1.Cl. The van der Waals surface area contributed by atoms with E-state index >= 15 is 0 Å². The molecule has 118 valence electrons. The first-order chi connectivity index (χ1) is 9.49. The summed E-state index contributed by atoms with van der Waals surface area (Å²) in [5.74, 6) is 0.0707. The van der Waals surface area contributed by atoms with E-state index in [1.807, 2.05) is 30.3 Å². The number of carbonyl (C=O) groups excluding carboxylic acids is 1. The van der Waals surface area contributed by atoms with Crippen LogP contribution in [-0.2, 0) is 4.79 Å². The Kier molecular flexibility index (Phi) is 6.69. The quantitative estimate of drug-likeness (QED) is 0.893. The Balaban J connectivity index is 0.00000220. The third kappa shape index (κ3) is 5.01. The van der Waals surface area contributed by atoms with Gasteiger partial charge in [-0.25, -0.2) is 0 Å². The van der Waals surface area contributed by atoms with Gasteiger partial charge >= 0.3 is 0 Å². The minimum absolute atomic E-state index is 0. The molecule has 1 amide bonds. The molecule has 21 heavy (non-hydrogen) atoms. The molecular weight excluding hydrogens is 284 g/mol. The third-order valence-electron chi connectivity index (χ3n) is 4.48. The molecule has 0 aromatic heterocycles. The van der Waals surface area contributed by atoms with Crippen LogP contribution in [0.4, 0.5) is 0 Å². The van der Waals surface area contributed by atoms with Crippen LogP contribution in [-0.4, -0.2) is 11.9 Å². The van der Waals surface area contributed by atoms with Gasteiger partial charge in [-0.05, 0) is 23.8 Å². The molecule has 0 heterocycles. The van der Waals surface area contributed by atoms with Crippen molar-refractivity contribution in [2.75, 3.05) is 0 Å². The summed E-state index contributed by atoms with van der Waals surface area (Å²) < 4.78 is 0. The van der Waals surface area contributed by atoms with Crippen molar-refractivity contribution >= 4 is 18.3 Å². The zero-order chi connectivity index (χ0) is 14.6. The summed E-state index contributed by atoms with van der Waals surface area (Å²) in [5.41, 5.74) is 7.33. The number of hydrogen-bond acceptors (Lipinski definition) is 2. The topological polar surface area (TPSA) is 55.1 Å². The fourth-order valence-electron chi connectivity index (χ4n) is 3.03. The van der Waals surface area contributed by atoms with Gasteiger partial charge in [-0.1, -0.05) is 57.0 Å². The minimum Gasteiger partial charge on any atom is -0.353 e. The molecule has 2 rings (SSSR count). The van der Waals surface area contributed by atoms with Crippen molar-refractivity contribution in [3.63, 3.8) is 0 Å². The normalized spacial score (nSPS) is 22.0. The number of halogens is 1. The van der Waals surface area contributed by atoms with Crippen LogP contribution in [0.1, 0.15) is 57.6 Å². The predicted octanol–water partition coefficient (Wildman–Crippen LogP) is 3.58. The van der Waals surface area contributed by atoms with E-state index in [4.69, 9.17) is 5.73 Å². The van der Waals surface area contributed by atoms with Crippen LogP contribution in [0, 0.1) is 5.41 Å². The van der Waals surface area contributed by atoms with Crippen molar-refractivity contribution in [3.8, 4) is 0 Å². The first kappa shape index (κ1) is 18.0. The van der Waals surface area contributed by atoms with Gasteiger partial charge in [0.05, 0.1) is 0 Å². The highest BCUT2D eigenvalue weighted by molar-refractivity contribution is 5.85. The van der Waals surface area contributed by atoms with Crippen LogP contribution in [0.2, 0.25) is 0 Å². The number of hydrogen-bond donors (Lipinski definition) is 2. The lowest BCUT2D eigenvalue weighted by Crippen LogP contribution is -2.47. The largest absolute Gasteiger partial charge is 0.353 e. The van der Waals surface area contributed by atoms with Crippen LogP contribution in [0.3, 0.4) is 0 Å². The van der Waals surface area contributed by atoms with E-state index in [2.05, 4.69) is 19.2 Å². The second-order valence-corrected chi connectivity index (χ2v) is 6.58. The second-order valence-electron chi connectivity index (χ2n) is 6.58. The molecule has 0 bridgehead atoms. The van der Waals surface area contributed by atoms with Gasteiger partial charge in [0.2, 0.25) is 5.91 Å². The van der Waals surface area contributed by atoms with Crippen molar-refractivity contribution in [1.29, 1.82) is 0 Å². The Labute approximate surface area is 134 Å². The summed E-state index contributed by atoms with van der Waals surface area (Å²) in [6, 6.07) is 9.88. The van der Waals surface area contributed by atoms with Crippen LogP contribution >= 0.6 is 12.4 Å². The van der Waals surface area contributed by atoms with E-state index in [0.29, 0.717) is 6.42 Å². The van der Waals surface area contributed by atoms with Crippen molar-refractivity contribution in [2.24, 2.45) is 11.1 Å². The minimum atomic E-state index is -0.220. The van der Waals surface area contributed by atoms with Gasteiger partial charge in [0.25, 0.3) is 0 Å². The summed E-state index contributed by atoms with van der Waals surface area (Å²) >= 11 is 0. The highest BCUT2D eigenvalue weighted by Gasteiger charge is 2.33. The van der Waals surface area contributed by atoms with Crippen LogP contribution in [0.25, 0.3) is 0 Å². The van der Waals surface area contributed by atoms with Crippen molar-refractivity contribution in [1.82, 2.24) is 5.32 Å². The molecular formula is C17H27ClN2O. The van der Waals surface area contributed by atoms with Gasteiger partial charge in [-0.3, -0.25) is 4.79 Å². The molecule has 1 fully saturated rings. The van der Waals surface area contributed by atoms with Gasteiger partial charge in [-0.15, -0.1) is 12.4 Å². The standard InChI is InChI=1S/C17H26N2O.ClH/c1-17(2)11-7-6-10-15(17)19-16(20)12-14(18)13-8-4-3-5-9-13;/h3-5,8-9,14-15H,6-7,10-12,18H2,1-2H3,(H,19,20);1H. The Morgan fingerprint density at radius 1 is 1.33 bits per heavy atom. The molecule has 1 aromatic carbocycles. The van der Waals surface area contributed by atoms with Gasteiger partial charge in [0, 0.05) is 18.5 Å². The summed E-state index contributed by atoms with van der Waals surface area (Å²) in [6.45, 7) is 4.49. The molecule has 2 unspecified atom stereocenters. The zero-order valence-electron chi connectivity index (χ0n) is 13.0. The molecule has 4 heteroatoms. The molecule has 0 spiro atoms. The smallest absolute Gasteiger partial charge is 0.222 e. The summed E-state index contributed by atoms with van der Waals surface area (Å²) in [7, 11) is 0. The first-order valence-electron chi connectivity index (χ1n) is 7.59. The average Bonchev–Trinajstić information content (AvgIpc) is 2.42. The summed E-state index contributed by atoms with van der Waals surface area (Å²) in [4.78, 5) is 12.2. The maximum atomic E-state index is 12.2. The lowest BCUT2D eigenvalue weighted by Gasteiger charge is -2.39.